The van der Waals surface area contributed by atoms with Crippen molar-refractivity contribution in [2.24, 2.45) is 0 Å². The molecule has 7 heteroatoms. The van der Waals surface area contributed by atoms with Gasteiger partial charge in [-0.15, -0.1) is 0 Å². The third-order valence-electron chi connectivity index (χ3n) is 0.859. The summed E-state index contributed by atoms with van der Waals surface area (Å²) >= 11 is 14.4. The molecule has 102 valence electrons. The van der Waals surface area contributed by atoms with Gasteiger partial charge in [-0.05, 0) is 13.3 Å². The number of ether oxygens (including phenoxy) is 1. The summed E-state index contributed by atoms with van der Waals surface area (Å²) in [5.74, 6) is -0.211. The van der Waals surface area contributed by atoms with Crippen LogP contribution in [0.3, 0.4) is 0 Å². The van der Waals surface area contributed by atoms with Crippen LogP contribution in [0.1, 0.15) is 33.6 Å². The van der Waals surface area contributed by atoms with Crippen molar-refractivity contribution in [1.29, 1.82) is 0 Å². The van der Waals surface area contributed by atoms with Crippen LogP contribution in [0.4, 0.5) is 0 Å². The van der Waals surface area contributed by atoms with Gasteiger partial charge in [0, 0.05) is 13.5 Å². The molecule has 4 nitrogen and oxygen atoms in total. The minimum absolute atomic E-state index is 0. The molecule has 0 unspecified atom stereocenters. The molecule has 0 aliphatic rings. The van der Waals surface area contributed by atoms with Crippen LogP contribution in [0.25, 0.3) is 0 Å². The highest BCUT2D eigenvalue weighted by Gasteiger charge is 1.81. The number of halogens is 3. The molecule has 0 spiro atoms. The number of unbranched alkanes of at least 4 members (excludes halogenated alkanes) is 1. The number of rotatable bonds is 3. The first-order chi connectivity index (χ1) is 6.92. The maximum atomic E-state index is 9.82. The fraction of sp³-hybridized carbons (Fsp3) is 0.889. The average molecular weight is 300 g/mol. The van der Waals surface area contributed by atoms with Gasteiger partial charge >= 0.3 is 5.97 Å². The predicted octanol–water partition coefficient (Wildman–Crippen LogP) is 2.51. The molecule has 0 radical (unpaired) electrons. The fourth-order valence-electron chi connectivity index (χ4n) is 0.361. The SMILES string of the molecule is CCCCO.CCOC(C)=O.ClC(Cl)Cl.O. The van der Waals surface area contributed by atoms with E-state index in [1.54, 1.807) is 6.92 Å². The van der Waals surface area contributed by atoms with Crippen molar-refractivity contribution in [2.75, 3.05) is 13.2 Å². The van der Waals surface area contributed by atoms with Crippen molar-refractivity contribution in [2.45, 2.75) is 37.9 Å². The van der Waals surface area contributed by atoms with Gasteiger partial charge in [-0.1, -0.05) is 48.1 Å². The van der Waals surface area contributed by atoms with Crippen LogP contribution in [0.5, 0.6) is 0 Å². The summed E-state index contributed by atoms with van der Waals surface area (Å²) in [5.41, 5.74) is 0. The molecule has 3 N–H and O–H groups in total. The summed E-state index contributed by atoms with van der Waals surface area (Å²) in [6, 6.07) is 0. The van der Waals surface area contributed by atoms with Crippen molar-refractivity contribution >= 4 is 40.8 Å². The Morgan fingerprint density at radius 1 is 1.31 bits per heavy atom. The summed E-state index contributed by atoms with van der Waals surface area (Å²) < 4.78 is 3.65. The van der Waals surface area contributed by atoms with Crippen molar-refractivity contribution < 1.29 is 20.1 Å². The van der Waals surface area contributed by atoms with Crippen LogP contribution in [-0.2, 0) is 9.53 Å². The largest absolute Gasteiger partial charge is 0.466 e. The number of aliphatic hydroxyl groups is 1. The van der Waals surface area contributed by atoms with Gasteiger partial charge in [0.2, 0.25) is 0 Å². The van der Waals surface area contributed by atoms with Crippen molar-refractivity contribution in [3.05, 3.63) is 0 Å². The van der Waals surface area contributed by atoms with E-state index in [2.05, 4.69) is 11.7 Å². The first kappa shape index (κ1) is 25.2. The Morgan fingerprint density at radius 2 is 1.69 bits per heavy atom. The van der Waals surface area contributed by atoms with E-state index in [0.717, 1.165) is 12.8 Å². The fourth-order valence-corrected chi connectivity index (χ4v) is 0.361. The molecule has 0 aliphatic heterocycles. The molecule has 0 aromatic carbocycles. The molecule has 0 aromatic heterocycles. The number of esters is 1. The average Bonchev–Trinajstić information content (AvgIpc) is 2.05. The van der Waals surface area contributed by atoms with E-state index < -0.39 is 4.30 Å². The summed E-state index contributed by atoms with van der Waals surface area (Å²) in [7, 11) is 0. The van der Waals surface area contributed by atoms with Gasteiger partial charge in [-0.25, -0.2) is 0 Å². The summed E-state index contributed by atoms with van der Waals surface area (Å²) in [5, 5.41) is 8.07. The van der Waals surface area contributed by atoms with Crippen molar-refractivity contribution in [1.82, 2.24) is 0 Å². The van der Waals surface area contributed by atoms with E-state index in [1.807, 2.05) is 0 Å². The quantitative estimate of drug-likeness (QED) is 0.642. The molecule has 0 heterocycles. The Balaban J connectivity index is -0.0000000668. The zero-order valence-electron chi connectivity index (χ0n) is 9.80. The van der Waals surface area contributed by atoms with Gasteiger partial charge in [-0.2, -0.15) is 0 Å². The third-order valence-corrected chi connectivity index (χ3v) is 0.859. The van der Waals surface area contributed by atoms with Gasteiger partial charge in [0.15, 0.2) is 4.30 Å². The van der Waals surface area contributed by atoms with E-state index >= 15 is 0 Å². The highest BCUT2D eigenvalue weighted by Crippen LogP contribution is 2.03. The molecular formula is C9H21Cl3O4. The van der Waals surface area contributed by atoms with Crippen LogP contribution in [0, 0.1) is 0 Å². The zero-order chi connectivity index (χ0) is 12.7. The Hall–Kier alpha value is 0.260. The second-order valence-corrected chi connectivity index (χ2v) is 4.23. The van der Waals surface area contributed by atoms with Crippen molar-refractivity contribution in [3.63, 3.8) is 0 Å². The Kier molecular flexibility index (Phi) is 38.5. The topological polar surface area (TPSA) is 78.0 Å². The maximum absolute atomic E-state index is 9.82. The number of aliphatic hydroxyl groups excluding tert-OH is 1. The van der Waals surface area contributed by atoms with Gasteiger partial charge in [0.25, 0.3) is 0 Å². The van der Waals surface area contributed by atoms with Crippen LogP contribution < -0.4 is 0 Å². The van der Waals surface area contributed by atoms with E-state index in [-0.39, 0.29) is 11.4 Å². The lowest BCUT2D eigenvalue weighted by atomic mass is 10.4. The molecular weight excluding hydrogens is 278 g/mol. The molecule has 16 heavy (non-hydrogen) atoms. The lowest BCUT2D eigenvalue weighted by Crippen LogP contribution is -1.95. The highest BCUT2D eigenvalue weighted by molar-refractivity contribution is 6.63. The number of hydrogen-bond acceptors (Lipinski definition) is 3. The molecule has 0 fully saturated rings. The Labute approximate surface area is 112 Å². The summed E-state index contributed by atoms with van der Waals surface area (Å²) in [6.07, 6.45) is 2.04. The zero-order valence-corrected chi connectivity index (χ0v) is 12.1. The van der Waals surface area contributed by atoms with E-state index in [9.17, 15) is 4.79 Å². The molecule has 0 aliphatic carbocycles. The van der Waals surface area contributed by atoms with Gasteiger partial charge in [0.1, 0.15) is 0 Å². The molecule has 0 aromatic rings. The van der Waals surface area contributed by atoms with E-state index in [4.69, 9.17) is 39.9 Å². The normalized spacial score (nSPS) is 7.75. The van der Waals surface area contributed by atoms with Gasteiger partial charge < -0.3 is 15.3 Å². The van der Waals surface area contributed by atoms with Gasteiger partial charge in [-0.3, -0.25) is 4.79 Å². The number of carbonyl (C=O) groups is 1. The lowest BCUT2D eigenvalue weighted by Gasteiger charge is -1.89. The first-order valence-corrected chi connectivity index (χ1v) is 5.89. The Bertz CT molecular complexity index is 119. The molecule has 0 bridgehead atoms. The monoisotopic (exact) mass is 298 g/mol. The van der Waals surface area contributed by atoms with E-state index in [1.165, 1.54) is 6.92 Å². The highest BCUT2D eigenvalue weighted by atomic mass is 35.6. The summed E-state index contributed by atoms with van der Waals surface area (Å²) in [4.78, 5) is 9.82. The second kappa shape index (κ2) is 24.5. The molecule has 0 saturated heterocycles. The molecule has 0 saturated carbocycles. The minimum Gasteiger partial charge on any atom is -0.466 e. The number of hydrogen-bond donors (Lipinski definition) is 1. The number of alkyl halides is 3. The van der Waals surface area contributed by atoms with Gasteiger partial charge in [0.05, 0.1) is 6.61 Å². The summed E-state index contributed by atoms with van der Waals surface area (Å²) in [6.45, 7) is 6.05. The second-order valence-electron chi connectivity index (χ2n) is 2.25. The minimum atomic E-state index is -0.750. The smallest absolute Gasteiger partial charge is 0.302 e. The van der Waals surface area contributed by atoms with Crippen LogP contribution in [0.2, 0.25) is 0 Å². The maximum Gasteiger partial charge on any atom is 0.302 e. The van der Waals surface area contributed by atoms with E-state index in [0.29, 0.717) is 13.2 Å². The molecule has 0 rings (SSSR count). The Morgan fingerprint density at radius 3 is 1.69 bits per heavy atom. The standard InChI is InChI=1S/C4H8O2.C4H10O.CHCl3.H2O/c1-3-6-4(2)5;1-2-3-4-5;2-1(3)4;/h3H2,1-2H3;5H,2-4H2,1H3;1H;1H2. The van der Waals surface area contributed by atoms with Crippen LogP contribution >= 0.6 is 34.8 Å². The third kappa shape index (κ3) is 90.6. The predicted molar refractivity (Wildman–Crippen MR) is 69.3 cm³/mol. The van der Waals surface area contributed by atoms with Crippen molar-refractivity contribution in [3.8, 4) is 0 Å². The number of carbonyl (C=O) groups excluding carboxylic acids is 1. The first-order valence-electron chi connectivity index (χ1n) is 4.58. The van der Waals surface area contributed by atoms with Crippen LogP contribution in [0.15, 0.2) is 0 Å². The molecule has 0 atom stereocenters. The lowest BCUT2D eigenvalue weighted by molar-refractivity contribution is -0.140. The van der Waals surface area contributed by atoms with Crippen LogP contribution in [-0.4, -0.2) is 34.1 Å². The molecule has 0 amide bonds.